The molecule has 0 amide bonds. The Morgan fingerprint density at radius 3 is 2.04 bits per heavy atom. The normalized spacial score (nSPS) is 12.7. The first-order valence-corrected chi connectivity index (χ1v) is 8.86. The van der Waals surface area contributed by atoms with Crippen LogP contribution in [0.2, 0.25) is 5.02 Å². The van der Waals surface area contributed by atoms with Crippen molar-refractivity contribution in [1.82, 2.24) is 0 Å². The molecular weight excluding hydrogens is 340 g/mol. The molecule has 0 aliphatic rings. The standard InChI is InChI=1S/C23H21ClN2/c1-16-8-14-21(15-9-16)26-23(19-6-4-3-5-7-19)17(2)22(25)18-10-12-20(24)13-11-18/h3-15H,25H2,1-2H3/b22-17-,26-23?. The van der Waals surface area contributed by atoms with E-state index >= 15 is 0 Å². The lowest BCUT2D eigenvalue weighted by atomic mass is 9.98. The summed E-state index contributed by atoms with van der Waals surface area (Å²) in [5.74, 6) is 0. The Labute approximate surface area is 159 Å². The molecule has 0 spiro atoms. The second-order valence-electron chi connectivity index (χ2n) is 6.21. The predicted octanol–water partition coefficient (Wildman–Crippen LogP) is 6.16. The fraction of sp³-hybridized carbons (Fsp3) is 0.0870. The van der Waals surface area contributed by atoms with Gasteiger partial charge in [0.15, 0.2) is 0 Å². The third kappa shape index (κ3) is 4.22. The number of halogens is 1. The molecule has 3 aromatic carbocycles. The molecule has 0 bridgehead atoms. The van der Waals surface area contributed by atoms with Gasteiger partial charge in [-0.15, -0.1) is 0 Å². The highest BCUT2D eigenvalue weighted by molar-refractivity contribution is 6.30. The van der Waals surface area contributed by atoms with Crippen LogP contribution < -0.4 is 5.73 Å². The Balaban J connectivity index is 2.12. The molecule has 0 saturated carbocycles. The van der Waals surface area contributed by atoms with Crippen LogP contribution in [-0.4, -0.2) is 5.71 Å². The fourth-order valence-corrected chi connectivity index (χ4v) is 2.81. The molecule has 0 heterocycles. The summed E-state index contributed by atoms with van der Waals surface area (Å²) in [4.78, 5) is 4.89. The zero-order valence-corrected chi connectivity index (χ0v) is 15.7. The summed E-state index contributed by atoms with van der Waals surface area (Å²) in [5.41, 5.74) is 13.0. The Hall–Kier alpha value is -2.84. The van der Waals surface area contributed by atoms with E-state index in [1.165, 1.54) is 5.56 Å². The van der Waals surface area contributed by atoms with Gasteiger partial charge in [0, 0.05) is 16.3 Å². The number of nitrogens with two attached hydrogens (primary N) is 1. The van der Waals surface area contributed by atoms with Crippen LogP contribution in [0.15, 0.2) is 89.4 Å². The van der Waals surface area contributed by atoms with Crippen LogP contribution >= 0.6 is 11.6 Å². The van der Waals surface area contributed by atoms with E-state index < -0.39 is 0 Å². The second-order valence-corrected chi connectivity index (χ2v) is 6.64. The molecule has 2 nitrogen and oxygen atoms in total. The van der Waals surface area contributed by atoms with Gasteiger partial charge in [-0.3, -0.25) is 0 Å². The van der Waals surface area contributed by atoms with E-state index in [0.29, 0.717) is 10.7 Å². The van der Waals surface area contributed by atoms with Gasteiger partial charge < -0.3 is 5.73 Å². The minimum atomic E-state index is 0.691. The Morgan fingerprint density at radius 2 is 1.42 bits per heavy atom. The smallest absolute Gasteiger partial charge is 0.0759 e. The summed E-state index contributed by atoms with van der Waals surface area (Å²) in [6.07, 6.45) is 0. The summed E-state index contributed by atoms with van der Waals surface area (Å²) in [5, 5.41) is 0.691. The highest BCUT2D eigenvalue weighted by atomic mass is 35.5. The SMILES string of the molecule is C/C(C(=Nc1ccc(C)cc1)c1ccccc1)=C(/N)c1ccc(Cl)cc1. The summed E-state index contributed by atoms with van der Waals surface area (Å²) >= 11 is 5.99. The molecule has 3 heteroatoms. The molecule has 2 N–H and O–H groups in total. The molecule has 0 aromatic heterocycles. The summed E-state index contributed by atoms with van der Waals surface area (Å²) < 4.78 is 0. The van der Waals surface area contributed by atoms with Crippen LogP contribution in [0, 0.1) is 6.92 Å². The van der Waals surface area contributed by atoms with Gasteiger partial charge in [-0.2, -0.15) is 0 Å². The van der Waals surface area contributed by atoms with Crippen molar-refractivity contribution in [2.75, 3.05) is 0 Å². The van der Waals surface area contributed by atoms with Gasteiger partial charge in [-0.25, -0.2) is 4.99 Å². The zero-order chi connectivity index (χ0) is 18.5. The van der Waals surface area contributed by atoms with E-state index in [1.54, 1.807) is 0 Å². The minimum absolute atomic E-state index is 0.691. The number of hydrogen-bond acceptors (Lipinski definition) is 2. The van der Waals surface area contributed by atoms with Crippen molar-refractivity contribution in [3.05, 3.63) is 106 Å². The molecule has 0 radical (unpaired) electrons. The van der Waals surface area contributed by atoms with Gasteiger partial charge in [0.2, 0.25) is 0 Å². The highest BCUT2D eigenvalue weighted by Crippen LogP contribution is 2.23. The quantitative estimate of drug-likeness (QED) is 0.556. The monoisotopic (exact) mass is 360 g/mol. The number of allylic oxidation sites excluding steroid dienone is 1. The molecular formula is C23H21ClN2. The van der Waals surface area contributed by atoms with Gasteiger partial charge in [-0.1, -0.05) is 71.8 Å². The molecule has 0 aliphatic heterocycles. The number of aliphatic imine (C=N–C) groups is 1. The molecule has 0 atom stereocenters. The number of hydrogen-bond donors (Lipinski definition) is 1. The summed E-state index contributed by atoms with van der Waals surface area (Å²) in [7, 11) is 0. The average molecular weight is 361 g/mol. The lowest BCUT2D eigenvalue weighted by Crippen LogP contribution is -2.09. The maximum Gasteiger partial charge on any atom is 0.0759 e. The molecule has 0 saturated heterocycles. The summed E-state index contributed by atoms with van der Waals surface area (Å²) in [6.45, 7) is 4.07. The van der Waals surface area contributed by atoms with Crippen LogP contribution in [0.4, 0.5) is 5.69 Å². The number of nitrogens with zero attached hydrogens (tertiary/aromatic N) is 1. The van der Waals surface area contributed by atoms with Crippen molar-refractivity contribution in [2.24, 2.45) is 10.7 Å². The van der Waals surface area contributed by atoms with Crippen molar-refractivity contribution in [2.45, 2.75) is 13.8 Å². The topological polar surface area (TPSA) is 38.4 Å². The van der Waals surface area contributed by atoms with Crippen LogP contribution in [0.3, 0.4) is 0 Å². The molecule has 26 heavy (non-hydrogen) atoms. The van der Waals surface area contributed by atoms with Crippen LogP contribution in [0.25, 0.3) is 5.70 Å². The lowest BCUT2D eigenvalue weighted by Gasteiger charge is -2.12. The van der Waals surface area contributed by atoms with Crippen molar-refractivity contribution in [3.63, 3.8) is 0 Å². The second kappa shape index (κ2) is 8.03. The third-order valence-corrected chi connectivity index (χ3v) is 4.49. The van der Waals surface area contributed by atoms with Crippen molar-refractivity contribution < 1.29 is 0 Å². The zero-order valence-electron chi connectivity index (χ0n) is 14.9. The Bertz CT molecular complexity index is 938. The first-order valence-electron chi connectivity index (χ1n) is 8.48. The van der Waals surface area contributed by atoms with Crippen molar-refractivity contribution in [1.29, 1.82) is 0 Å². The number of benzene rings is 3. The third-order valence-electron chi connectivity index (χ3n) is 4.24. The number of aryl methyl sites for hydroxylation is 1. The van der Waals surface area contributed by atoms with Crippen LogP contribution in [-0.2, 0) is 0 Å². The van der Waals surface area contributed by atoms with Gasteiger partial charge in [-0.05, 0) is 49.2 Å². The van der Waals surface area contributed by atoms with Gasteiger partial charge in [0.1, 0.15) is 0 Å². The lowest BCUT2D eigenvalue weighted by molar-refractivity contribution is 1.39. The highest BCUT2D eigenvalue weighted by Gasteiger charge is 2.11. The molecule has 0 aliphatic carbocycles. The van der Waals surface area contributed by atoms with E-state index in [1.807, 2.05) is 73.7 Å². The van der Waals surface area contributed by atoms with Gasteiger partial charge in [0.05, 0.1) is 11.4 Å². The van der Waals surface area contributed by atoms with Crippen molar-refractivity contribution >= 4 is 28.7 Å². The largest absolute Gasteiger partial charge is 0.398 e. The van der Waals surface area contributed by atoms with Gasteiger partial charge in [0.25, 0.3) is 0 Å². The van der Waals surface area contributed by atoms with E-state index in [4.69, 9.17) is 22.3 Å². The van der Waals surface area contributed by atoms with Crippen molar-refractivity contribution in [3.8, 4) is 0 Å². The Kier molecular flexibility index (Phi) is 5.55. The molecule has 130 valence electrons. The predicted molar refractivity (Wildman–Crippen MR) is 112 cm³/mol. The van der Waals surface area contributed by atoms with E-state index in [-0.39, 0.29) is 0 Å². The first-order chi connectivity index (χ1) is 12.5. The molecule has 0 fully saturated rings. The summed E-state index contributed by atoms with van der Waals surface area (Å²) in [6, 6.07) is 25.8. The van der Waals surface area contributed by atoms with E-state index in [0.717, 1.165) is 28.1 Å². The number of rotatable bonds is 4. The maximum absolute atomic E-state index is 6.46. The average Bonchev–Trinajstić information content (AvgIpc) is 2.68. The minimum Gasteiger partial charge on any atom is -0.398 e. The van der Waals surface area contributed by atoms with Gasteiger partial charge >= 0.3 is 0 Å². The van der Waals surface area contributed by atoms with Crippen LogP contribution in [0.5, 0.6) is 0 Å². The molecule has 3 rings (SSSR count). The molecule has 3 aromatic rings. The first kappa shape index (κ1) is 18.0. The van der Waals surface area contributed by atoms with E-state index in [9.17, 15) is 0 Å². The van der Waals surface area contributed by atoms with Crippen LogP contribution in [0.1, 0.15) is 23.6 Å². The Morgan fingerprint density at radius 1 is 0.808 bits per heavy atom. The molecule has 0 unspecified atom stereocenters. The fourth-order valence-electron chi connectivity index (χ4n) is 2.68. The van der Waals surface area contributed by atoms with E-state index in [2.05, 4.69) is 19.1 Å². The maximum atomic E-state index is 6.46.